The predicted octanol–water partition coefficient (Wildman–Crippen LogP) is 3.43. The second kappa shape index (κ2) is 8.13. The van der Waals surface area contributed by atoms with E-state index in [2.05, 4.69) is 50.9 Å². The van der Waals surface area contributed by atoms with Crippen LogP contribution in [-0.2, 0) is 11.3 Å². The van der Waals surface area contributed by atoms with Crippen LogP contribution in [0.3, 0.4) is 0 Å². The Balaban J connectivity index is 1.79. The molecule has 0 aliphatic carbocycles. The Hall–Kier alpha value is -1.69. The minimum absolute atomic E-state index is 0.0404. The van der Waals surface area contributed by atoms with Crippen LogP contribution in [0.5, 0.6) is 0 Å². The molecule has 0 spiro atoms. The largest absolute Gasteiger partial charge is 0.423 e. The van der Waals surface area contributed by atoms with E-state index in [4.69, 9.17) is 9.15 Å². The van der Waals surface area contributed by atoms with Crippen LogP contribution in [0, 0.1) is 6.92 Å². The predicted molar refractivity (Wildman–Crippen MR) is 109 cm³/mol. The van der Waals surface area contributed by atoms with Crippen LogP contribution in [0.1, 0.15) is 50.3 Å². The molecule has 5 heteroatoms. The number of morpholine rings is 1. The van der Waals surface area contributed by atoms with Crippen molar-refractivity contribution < 1.29 is 9.15 Å². The third kappa shape index (κ3) is 4.60. The molecule has 1 aromatic heterocycles. The molecule has 2 heterocycles. The Morgan fingerprint density at radius 2 is 1.89 bits per heavy atom. The summed E-state index contributed by atoms with van der Waals surface area (Å²) >= 11 is 0. The molecule has 148 valence electrons. The van der Waals surface area contributed by atoms with Gasteiger partial charge in [0.25, 0.3) is 0 Å². The number of ether oxygens (including phenoxy) is 1. The Morgan fingerprint density at radius 3 is 2.56 bits per heavy atom. The SMILES string of the molecule is Cc1cc2oc(=O)cc(CNCC(C)(C)N3CCOCC3)c2cc1C(C)C. The Morgan fingerprint density at radius 1 is 1.19 bits per heavy atom. The van der Waals surface area contributed by atoms with Gasteiger partial charge in [-0.2, -0.15) is 0 Å². The molecule has 0 amide bonds. The summed E-state index contributed by atoms with van der Waals surface area (Å²) in [6.07, 6.45) is 0. The molecule has 1 aliphatic rings. The molecule has 3 rings (SSSR count). The van der Waals surface area contributed by atoms with E-state index in [1.54, 1.807) is 6.07 Å². The van der Waals surface area contributed by atoms with E-state index in [9.17, 15) is 4.79 Å². The van der Waals surface area contributed by atoms with Crippen LogP contribution in [0.25, 0.3) is 11.0 Å². The summed E-state index contributed by atoms with van der Waals surface area (Å²) in [4.78, 5) is 14.5. The van der Waals surface area contributed by atoms with Gasteiger partial charge in [-0.3, -0.25) is 4.90 Å². The molecular formula is C22H32N2O3. The lowest BCUT2D eigenvalue weighted by molar-refractivity contribution is -0.00966. The first-order valence-corrected chi connectivity index (χ1v) is 9.89. The van der Waals surface area contributed by atoms with Gasteiger partial charge in [0.2, 0.25) is 0 Å². The number of benzene rings is 1. The summed E-state index contributed by atoms with van der Waals surface area (Å²) in [6.45, 7) is 16.0. The minimum Gasteiger partial charge on any atom is -0.423 e. The van der Waals surface area contributed by atoms with E-state index in [0.29, 0.717) is 18.0 Å². The number of nitrogens with zero attached hydrogens (tertiary/aromatic N) is 1. The lowest BCUT2D eigenvalue weighted by Gasteiger charge is -2.41. The van der Waals surface area contributed by atoms with Gasteiger partial charge in [0.1, 0.15) is 5.58 Å². The fourth-order valence-corrected chi connectivity index (χ4v) is 3.94. The normalized spacial score (nSPS) is 16.4. The maximum absolute atomic E-state index is 12.0. The van der Waals surface area contributed by atoms with Gasteiger partial charge in [0, 0.05) is 43.2 Å². The number of rotatable bonds is 6. The minimum atomic E-state index is -0.288. The van der Waals surface area contributed by atoms with Gasteiger partial charge in [-0.05, 0) is 55.5 Å². The maximum Gasteiger partial charge on any atom is 0.336 e. The smallest absolute Gasteiger partial charge is 0.336 e. The average molecular weight is 373 g/mol. The van der Waals surface area contributed by atoms with Crippen molar-refractivity contribution >= 4 is 11.0 Å². The fraction of sp³-hybridized carbons (Fsp3) is 0.591. The third-order valence-corrected chi connectivity index (χ3v) is 5.58. The van der Waals surface area contributed by atoms with Crippen LogP contribution >= 0.6 is 0 Å². The number of fused-ring (bicyclic) bond motifs is 1. The quantitative estimate of drug-likeness (QED) is 0.788. The molecule has 0 saturated carbocycles. The second-order valence-corrected chi connectivity index (χ2v) is 8.47. The standard InChI is InChI=1S/C22H32N2O3/c1-15(2)18-12-19-17(11-21(25)27-20(19)10-16(18)3)13-23-14-22(4,5)24-6-8-26-9-7-24/h10-12,15,23H,6-9,13-14H2,1-5H3. The number of hydrogen-bond acceptors (Lipinski definition) is 5. The first-order valence-electron chi connectivity index (χ1n) is 9.89. The van der Waals surface area contributed by atoms with Gasteiger partial charge in [0.05, 0.1) is 13.2 Å². The summed E-state index contributed by atoms with van der Waals surface area (Å²) in [6, 6.07) is 5.80. The molecular weight excluding hydrogens is 340 g/mol. The molecule has 5 nitrogen and oxygen atoms in total. The second-order valence-electron chi connectivity index (χ2n) is 8.47. The summed E-state index contributed by atoms with van der Waals surface area (Å²) in [5, 5.41) is 4.59. The Kier molecular flexibility index (Phi) is 6.04. The van der Waals surface area contributed by atoms with Gasteiger partial charge in [0.15, 0.2) is 0 Å². The first-order chi connectivity index (χ1) is 12.8. The van der Waals surface area contributed by atoms with Crippen molar-refractivity contribution in [1.29, 1.82) is 0 Å². The highest BCUT2D eigenvalue weighted by molar-refractivity contribution is 5.82. The van der Waals surface area contributed by atoms with E-state index in [0.717, 1.165) is 43.8 Å². The zero-order valence-corrected chi connectivity index (χ0v) is 17.2. The van der Waals surface area contributed by atoms with Crippen molar-refractivity contribution in [3.8, 4) is 0 Å². The molecule has 0 unspecified atom stereocenters. The van der Waals surface area contributed by atoms with Crippen molar-refractivity contribution in [3.63, 3.8) is 0 Å². The zero-order valence-electron chi connectivity index (χ0n) is 17.2. The molecule has 0 radical (unpaired) electrons. The molecule has 1 N–H and O–H groups in total. The van der Waals surface area contributed by atoms with Crippen LogP contribution in [-0.4, -0.2) is 43.3 Å². The van der Waals surface area contributed by atoms with Gasteiger partial charge in [-0.1, -0.05) is 13.8 Å². The van der Waals surface area contributed by atoms with Gasteiger partial charge >= 0.3 is 5.63 Å². The van der Waals surface area contributed by atoms with Crippen LogP contribution in [0.15, 0.2) is 27.4 Å². The van der Waals surface area contributed by atoms with Crippen molar-refractivity contribution in [2.45, 2.75) is 52.6 Å². The highest BCUT2D eigenvalue weighted by atomic mass is 16.5. The first kappa shape index (κ1) is 20.1. The van der Waals surface area contributed by atoms with Crippen LogP contribution in [0.4, 0.5) is 0 Å². The molecule has 1 fully saturated rings. The van der Waals surface area contributed by atoms with E-state index in [-0.39, 0.29) is 11.2 Å². The molecule has 0 atom stereocenters. The van der Waals surface area contributed by atoms with E-state index < -0.39 is 0 Å². The molecule has 2 aromatic rings. The van der Waals surface area contributed by atoms with Gasteiger partial charge in [-0.25, -0.2) is 4.79 Å². The van der Waals surface area contributed by atoms with Crippen LogP contribution < -0.4 is 10.9 Å². The van der Waals surface area contributed by atoms with Crippen molar-refractivity contribution in [2.75, 3.05) is 32.8 Å². The monoisotopic (exact) mass is 372 g/mol. The van der Waals surface area contributed by atoms with E-state index in [1.807, 2.05) is 6.07 Å². The maximum atomic E-state index is 12.0. The lowest BCUT2D eigenvalue weighted by Crippen LogP contribution is -2.54. The van der Waals surface area contributed by atoms with Crippen molar-refractivity contribution in [2.24, 2.45) is 0 Å². The average Bonchev–Trinajstić information content (AvgIpc) is 2.61. The molecule has 1 aromatic carbocycles. The van der Waals surface area contributed by atoms with Crippen molar-refractivity contribution in [1.82, 2.24) is 10.2 Å². The van der Waals surface area contributed by atoms with E-state index in [1.165, 1.54) is 11.1 Å². The summed E-state index contributed by atoms with van der Waals surface area (Å²) in [7, 11) is 0. The highest BCUT2D eigenvalue weighted by Crippen LogP contribution is 2.27. The Bertz CT molecular complexity index is 848. The molecule has 27 heavy (non-hydrogen) atoms. The number of hydrogen-bond donors (Lipinski definition) is 1. The van der Waals surface area contributed by atoms with Gasteiger partial charge < -0.3 is 14.5 Å². The zero-order chi connectivity index (χ0) is 19.6. The molecule has 1 saturated heterocycles. The summed E-state index contributed by atoms with van der Waals surface area (Å²) < 4.78 is 10.9. The third-order valence-electron chi connectivity index (χ3n) is 5.58. The number of aryl methyl sites for hydroxylation is 1. The molecule has 0 bridgehead atoms. The summed E-state index contributed by atoms with van der Waals surface area (Å²) in [5.74, 6) is 0.433. The highest BCUT2D eigenvalue weighted by Gasteiger charge is 2.27. The summed E-state index contributed by atoms with van der Waals surface area (Å²) in [5.41, 5.74) is 3.89. The fourth-order valence-electron chi connectivity index (χ4n) is 3.94. The van der Waals surface area contributed by atoms with Crippen LogP contribution in [0.2, 0.25) is 0 Å². The molecule has 1 aliphatic heterocycles. The van der Waals surface area contributed by atoms with Gasteiger partial charge in [-0.15, -0.1) is 0 Å². The van der Waals surface area contributed by atoms with E-state index >= 15 is 0 Å². The lowest BCUT2D eigenvalue weighted by atomic mass is 9.95. The number of nitrogens with one attached hydrogen (secondary N) is 1. The Labute approximate surface area is 161 Å². The topological polar surface area (TPSA) is 54.7 Å². The van der Waals surface area contributed by atoms with Crippen molar-refractivity contribution in [3.05, 3.63) is 45.3 Å².